The van der Waals surface area contributed by atoms with Gasteiger partial charge in [-0.2, -0.15) is 13.2 Å². The number of alkyl halides is 3. The molecular weight excluding hydrogens is 480 g/mol. The number of carbonyl (C=O) groups is 1. The molecule has 1 aromatic carbocycles. The number of aromatic amines is 1. The van der Waals surface area contributed by atoms with Crippen molar-refractivity contribution >= 4 is 21.9 Å². The molecule has 12 heteroatoms. The number of esters is 1. The average Bonchev–Trinajstić information content (AvgIpc) is 2.59. The summed E-state index contributed by atoms with van der Waals surface area (Å²) in [6.07, 6.45) is -3.60. The lowest BCUT2D eigenvalue weighted by Gasteiger charge is -2.39. The van der Waals surface area contributed by atoms with Crippen LogP contribution in [-0.2, 0) is 15.7 Å². The molecule has 1 aliphatic rings. The Hall–Kier alpha value is -2.63. The van der Waals surface area contributed by atoms with Crippen LogP contribution in [0.25, 0.3) is 5.69 Å². The molecule has 0 bridgehead atoms. The molecule has 162 valence electrons. The Kier molecular flexibility index (Phi) is 5.81. The van der Waals surface area contributed by atoms with Gasteiger partial charge in [0.25, 0.3) is 5.56 Å². The van der Waals surface area contributed by atoms with Crippen LogP contribution in [0.3, 0.4) is 0 Å². The third kappa shape index (κ3) is 4.00. The predicted octanol–water partition coefficient (Wildman–Crippen LogP) is 3.31. The fourth-order valence-electron chi connectivity index (χ4n) is 2.96. The van der Waals surface area contributed by atoms with Gasteiger partial charge >= 0.3 is 17.8 Å². The molecule has 0 spiro atoms. The second-order valence-corrected chi connectivity index (χ2v) is 7.42. The van der Waals surface area contributed by atoms with Crippen LogP contribution >= 0.6 is 15.9 Å². The zero-order valence-corrected chi connectivity index (χ0v) is 17.0. The number of benzene rings is 1. The quantitative estimate of drug-likeness (QED) is 0.508. The lowest BCUT2D eigenvalue weighted by Crippen LogP contribution is -2.51. The number of carbonyl (C=O) groups excluding carboxylic acids is 1. The number of rotatable bonds is 5. The third-order valence-electron chi connectivity index (χ3n) is 4.59. The third-order valence-corrected chi connectivity index (χ3v) is 5.21. The van der Waals surface area contributed by atoms with E-state index < -0.39 is 46.2 Å². The van der Waals surface area contributed by atoms with Crippen molar-refractivity contribution < 1.29 is 31.8 Å². The second kappa shape index (κ2) is 7.89. The molecule has 7 nitrogen and oxygen atoms in total. The van der Waals surface area contributed by atoms with Gasteiger partial charge in [0.05, 0.1) is 16.8 Å². The summed E-state index contributed by atoms with van der Waals surface area (Å²) in [6, 6.07) is 1.99. The highest BCUT2D eigenvalue weighted by Crippen LogP contribution is 2.41. The van der Waals surface area contributed by atoms with Gasteiger partial charge in [-0.15, -0.1) is 0 Å². The number of hydrogen-bond acceptors (Lipinski definition) is 5. The van der Waals surface area contributed by atoms with E-state index in [1.807, 2.05) is 0 Å². The van der Waals surface area contributed by atoms with Crippen molar-refractivity contribution in [2.75, 3.05) is 6.61 Å². The standard InChI is InChI=1S/C18H15BrF4N2O5/c1-2-29-15(27)17(4-3-5-17)30-12-7-11(10(20)6-9(12)19)25-14(26)8-13(18(21,22)23)24-16(25)28/h6-8H,2-5H2,1H3,(H,24,28). The summed E-state index contributed by atoms with van der Waals surface area (Å²) in [5.74, 6) is -1.76. The van der Waals surface area contributed by atoms with E-state index in [1.165, 1.54) is 4.98 Å². The zero-order valence-electron chi connectivity index (χ0n) is 15.4. The minimum absolute atomic E-state index is 0.0784. The van der Waals surface area contributed by atoms with Gasteiger partial charge in [-0.1, -0.05) is 0 Å². The molecule has 0 aliphatic heterocycles. The maximum atomic E-state index is 14.5. The minimum atomic E-state index is -4.96. The van der Waals surface area contributed by atoms with Crippen molar-refractivity contribution in [3.05, 3.63) is 55.0 Å². The number of nitrogens with zero attached hydrogens (tertiary/aromatic N) is 1. The van der Waals surface area contributed by atoms with Gasteiger partial charge in [-0.25, -0.2) is 18.5 Å². The van der Waals surface area contributed by atoms with Crippen molar-refractivity contribution in [2.45, 2.75) is 38.0 Å². The summed E-state index contributed by atoms with van der Waals surface area (Å²) < 4.78 is 63.9. The molecule has 0 atom stereocenters. The molecular formula is C18H15BrF4N2O5. The topological polar surface area (TPSA) is 90.4 Å². The molecule has 1 saturated carbocycles. The largest absolute Gasteiger partial charge is 0.474 e. The van der Waals surface area contributed by atoms with Gasteiger partial charge in [0, 0.05) is 12.1 Å². The Morgan fingerprint density at radius 3 is 2.43 bits per heavy atom. The highest BCUT2D eigenvalue weighted by atomic mass is 79.9. The number of nitrogens with one attached hydrogen (secondary N) is 1. The fraction of sp³-hybridized carbons (Fsp3) is 0.389. The average molecular weight is 495 g/mol. The van der Waals surface area contributed by atoms with E-state index in [-0.39, 0.29) is 27.5 Å². The number of halogens is 5. The van der Waals surface area contributed by atoms with Crippen molar-refractivity contribution in [1.29, 1.82) is 0 Å². The normalized spacial score (nSPS) is 15.4. The highest BCUT2D eigenvalue weighted by Gasteiger charge is 2.48. The van der Waals surface area contributed by atoms with Crippen LogP contribution in [-0.4, -0.2) is 27.7 Å². The number of aromatic nitrogens is 2. The maximum absolute atomic E-state index is 14.5. The van der Waals surface area contributed by atoms with Crippen molar-refractivity contribution in [2.24, 2.45) is 0 Å². The summed E-state index contributed by atoms with van der Waals surface area (Å²) in [6.45, 7) is 1.75. The highest BCUT2D eigenvalue weighted by molar-refractivity contribution is 9.10. The maximum Gasteiger partial charge on any atom is 0.431 e. The lowest BCUT2D eigenvalue weighted by molar-refractivity contribution is -0.169. The van der Waals surface area contributed by atoms with E-state index in [4.69, 9.17) is 9.47 Å². The van der Waals surface area contributed by atoms with Crippen LogP contribution in [0.1, 0.15) is 31.9 Å². The van der Waals surface area contributed by atoms with E-state index in [0.29, 0.717) is 19.3 Å². The summed E-state index contributed by atoms with van der Waals surface area (Å²) in [7, 11) is 0. The predicted molar refractivity (Wildman–Crippen MR) is 99.2 cm³/mol. The van der Waals surface area contributed by atoms with Crippen LogP contribution in [0.15, 0.2) is 32.3 Å². The number of hydrogen-bond donors (Lipinski definition) is 1. The Morgan fingerprint density at radius 1 is 1.27 bits per heavy atom. The number of H-pyrrole nitrogens is 1. The molecule has 0 unspecified atom stereocenters. The van der Waals surface area contributed by atoms with Gasteiger partial charge in [-0.3, -0.25) is 4.79 Å². The Balaban J connectivity index is 2.08. The Bertz CT molecular complexity index is 1070. The van der Waals surface area contributed by atoms with Gasteiger partial charge in [0.2, 0.25) is 5.60 Å². The first kappa shape index (κ1) is 22.1. The molecule has 1 aromatic heterocycles. The van der Waals surface area contributed by atoms with E-state index in [1.54, 1.807) is 6.92 Å². The first-order valence-electron chi connectivity index (χ1n) is 8.78. The van der Waals surface area contributed by atoms with Gasteiger partial charge in [0.15, 0.2) is 0 Å². The van der Waals surface area contributed by atoms with Crippen molar-refractivity contribution in [3.63, 3.8) is 0 Å². The summed E-state index contributed by atoms with van der Waals surface area (Å²) in [5, 5.41) is 0. The molecule has 3 rings (SSSR count). The zero-order chi connectivity index (χ0) is 22.3. The second-order valence-electron chi connectivity index (χ2n) is 6.56. The summed E-state index contributed by atoms with van der Waals surface area (Å²) >= 11 is 3.08. The molecule has 0 amide bonds. The summed E-state index contributed by atoms with van der Waals surface area (Å²) in [4.78, 5) is 38.1. The van der Waals surface area contributed by atoms with Crippen LogP contribution in [0.2, 0.25) is 0 Å². The molecule has 0 saturated heterocycles. The first-order chi connectivity index (χ1) is 14.0. The molecule has 30 heavy (non-hydrogen) atoms. The van der Waals surface area contributed by atoms with E-state index in [2.05, 4.69) is 15.9 Å². The first-order valence-corrected chi connectivity index (χ1v) is 9.57. The molecule has 2 aromatic rings. The molecule has 1 heterocycles. The number of ether oxygens (including phenoxy) is 2. The van der Waals surface area contributed by atoms with E-state index in [0.717, 1.165) is 12.1 Å². The minimum Gasteiger partial charge on any atom is -0.474 e. The van der Waals surface area contributed by atoms with Gasteiger partial charge < -0.3 is 14.5 Å². The Labute approximate surface area is 174 Å². The van der Waals surface area contributed by atoms with Crippen molar-refractivity contribution in [3.8, 4) is 11.4 Å². The molecule has 1 fully saturated rings. The van der Waals surface area contributed by atoms with E-state index >= 15 is 0 Å². The van der Waals surface area contributed by atoms with Crippen molar-refractivity contribution in [1.82, 2.24) is 9.55 Å². The van der Waals surface area contributed by atoms with Crippen LogP contribution in [0, 0.1) is 5.82 Å². The lowest BCUT2D eigenvalue weighted by atomic mass is 9.80. The van der Waals surface area contributed by atoms with E-state index in [9.17, 15) is 31.9 Å². The Morgan fingerprint density at radius 2 is 1.93 bits per heavy atom. The SMILES string of the molecule is CCOC(=O)C1(Oc2cc(-n3c(=O)cc(C(F)(F)F)[nH]c3=O)c(F)cc2Br)CCC1. The molecule has 1 aliphatic carbocycles. The van der Waals surface area contributed by atoms with Crippen LogP contribution in [0.4, 0.5) is 17.6 Å². The molecule has 0 radical (unpaired) electrons. The monoisotopic (exact) mass is 494 g/mol. The van der Waals surface area contributed by atoms with Crippen LogP contribution in [0.5, 0.6) is 5.75 Å². The van der Waals surface area contributed by atoms with Gasteiger partial charge in [-0.05, 0) is 48.2 Å². The molecule has 1 N–H and O–H groups in total. The summed E-state index contributed by atoms with van der Waals surface area (Å²) in [5.41, 5.74) is -6.36. The smallest absolute Gasteiger partial charge is 0.431 e. The fourth-order valence-corrected chi connectivity index (χ4v) is 3.36. The van der Waals surface area contributed by atoms with Crippen LogP contribution < -0.4 is 16.0 Å². The van der Waals surface area contributed by atoms with Gasteiger partial charge in [0.1, 0.15) is 17.3 Å².